The fourth-order valence-electron chi connectivity index (χ4n) is 0.460. The highest BCUT2D eigenvalue weighted by atomic mass is 13.8. The van der Waals surface area contributed by atoms with Crippen LogP contribution in [0.1, 0.15) is 20.8 Å². The molecule has 0 atom stereocenters. The topological polar surface area (TPSA) is 0 Å². The Hall–Kier alpha value is -0.780. The Morgan fingerprint density at radius 3 is 2.30 bits per heavy atom. The van der Waals surface area contributed by atoms with E-state index in [-0.39, 0.29) is 0 Å². The van der Waals surface area contributed by atoms with E-state index in [0.29, 0.717) is 0 Å². The zero-order valence-electron chi connectivity index (χ0n) is 7.02. The van der Waals surface area contributed by atoms with Crippen LogP contribution in [0.3, 0.4) is 0 Å². The van der Waals surface area contributed by atoms with Gasteiger partial charge in [0.05, 0.1) is 0 Å². The lowest BCUT2D eigenvalue weighted by molar-refractivity contribution is 1.47. The van der Waals surface area contributed by atoms with Gasteiger partial charge in [-0.1, -0.05) is 35.5 Å². The first-order chi connectivity index (χ1) is 4.66. The van der Waals surface area contributed by atoms with E-state index in [4.69, 9.17) is 0 Å². The predicted octanol–water partition coefficient (Wildman–Crippen LogP) is 3.29. The summed E-state index contributed by atoms with van der Waals surface area (Å²) >= 11 is 0. The van der Waals surface area contributed by atoms with E-state index in [0.717, 1.165) is 5.57 Å². The summed E-state index contributed by atoms with van der Waals surface area (Å²) in [6.07, 6.45) is 8.14. The molecule has 0 nitrogen and oxygen atoms in total. The van der Waals surface area contributed by atoms with Gasteiger partial charge in [0, 0.05) is 0 Å². The van der Waals surface area contributed by atoms with Crippen molar-refractivity contribution in [3.8, 4) is 0 Å². The lowest BCUT2D eigenvalue weighted by Crippen LogP contribution is -1.64. The van der Waals surface area contributed by atoms with Gasteiger partial charge in [0.15, 0.2) is 0 Å². The Morgan fingerprint density at radius 2 is 1.90 bits per heavy atom. The molecule has 10 heavy (non-hydrogen) atoms. The van der Waals surface area contributed by atoms with E-state index in [1.54, 1.807) is 0 Å². The van der Waals surface area contributed by atoms with Crippen LogP contribution in [-0.2, 0) is 0 Å². The average Bonchev–Trinajstić information content (AvgIpc) is 1.87. The third-order valence-electron chi connectivity index (χ3n) is 1.20. The summed E-state index contributed by atoms with van der Waals surface area (Å²) in [6, 6.07) is 0. The molecule has 0 heteroatoms. The standard InChI is InChI=1S/C10H15/c1-5-10(4)8-6-7-9(2)3/h5-8H,2H2,1,3-4H3/b8-6+,9-7-,10-5?. The Bertz CT molecular complexity index is 164. The molecule has 0 spiro atoms. The van der Waals surface area contributed by atoms with Crippen LogP contribution < -0.4 is 0 Å². The van der Waals surface area contributed by atoms with Gasteiger partial charge < -0.3 is 0 Å². The van der Waals surface area contributed by atoms with Crippen molar-refractivity contribution in [2.45, 2.75) is 20.8 Å². The molecule has 0 saturated carbocycles. The molecule has 0 aromatic rings. The van der Waals surface area contributed by atoms with Crippen molar-refractivity contribution < 1.29 is 0 Å². The Balaban J connectivity index is 3.90. The molecular weight excluding hydrogens is 120 g/mol. The quantitative estimate of drug-likeness (QED) is 0.510. The van der Waals surface area contributed by atoms with Gasteiger partial charge in [-0.3, -0.25) is 0 Å². The van der Waals surface area contributed by atoms with Crippen LogP contribution in [0, 0.1) is 6.92 Å². The van der Waals surface area contributed by atoms with Crippen LogP contribution in [0.5, 0.6) is 0 Å². The molecule has 0 amide bonds. The molecule has 0 N–H and O–H groups in total. The van der Waals surface area contributed by atoms with Crippen LogP contribution in [0.4, 0.5) is 0 Å². The SMILES string of the molecule is [CH2]/C(C)=C/C=C/C(C)=CC. The maximum atomic E-state index is 3.75. The second-order valence-corrected chi connectivity index (χ2v) is 2.40. The zero-order chi connectivity index (χ0) is 7.98. The van der Waals surface area contributed by atoms with Gasteiger partial charge in [-0.25, -0.2) is 0 Å². The third kappa shape index (κ3) is 5.36. The second-order valence-electron chi connectivity index (χ2n) is 2.40. The highest BCUT2D eigenvalue weighted by Gasteiger charge is 1.74. The summed E-state index contributed by atoms with van der Waals surface area (Å²) in [7, 11) is 0. The van der Waals surface area contributed by atoms with Gasteiger partial charge in [-0.05, 0) is 27.7 Å². The molecule has 0 aromatic heterocycles. The van der Waals surface area contributed by atoms with Crippen molar-refractivity contribution in [1.82, 2.24) is 0 Å². The molecule has 0 saturated heterocycles. The molecule has 0 bridgehead atoms. The molecule has 1 radical (unpaired) electrons. The molecule has 0 fully saturated rings. The first-order valence-electron chi connectivity index (χ1n) is 3.46. The van der Waals surface area contributed by atoms with Crippen LogP contribution in [0.2, 0.25) is 0 Å². The predicted molar refractivity (Wildman–Crippen MR) is 47.7 cm³/mol. The summed E-state index contributed by atoms with van der Waals surface area (Å²) in [5, 5.41) is 0. The summed E-state index contributed by atoms with van der Waals surface area (Å²) in [4.78, 5) is 0. The van der Waals surface area contributed by atoms with E-state index < -0.39 is 0 Å². The Labute approximate surface area is 64.0 Å². The van der Waals surface area contributed by atoms with E-state index >= 15 is 0 Å². The van der Waals surface area contributed by atoms with Gasteiger partial charge >= 0.3 is 0 Å². The van der Waals surface area contributed by atoms with Crippen LogP contribution in [0.25, 0.3) is 0 Å². The monoisotopic (exact) mass is 135 g/mol. The minimum Gasteiger partial charge on any atom is -0.0847 e. The normalized spacial score (nSPS) is 14.8. The van der Waals surface area contributed by atoms with Gasteiger partial charge in [0.2, 0.25) is 0 Å². The molecule has 0 unspecified atom stereocenters. The van der Waals surface area contributed by atoms with Gasteiger partial charge in [-0.2, -0.15) is 0 Å². The maximum absolute atomic E-state index is 3.75. The van der Waals surface area contributed by atoms with Crippen molar-refractivity contribution in [3.63, 3.8) is 0 Å². The Morgan fingerprint density at radius 1 is 1.30 bits per heavy atom. The number of rotatable bonds is 2. The fraction of sp³-hybridized carbons (Fsp3) is 0.300. The van der Waals surface area contributed by atoms with Gasteiger partial charge in [0.1, 0.15) is 0 Å². The lowest BCUT2D eigenvalue weighted by atomic mass is 10.2. The molecule has 0 aliphatic heterocycles. The lowest BCUT2D eigenvalue weighted by Gasteiger charge is -1.85. The first kappa shape index (κ1) is 9.22. The molecular formula is C10H15. The van der Waals surface area contributed by atoms with Crippen LogP contribution >= 0.6 is 0 Å². The molecule has 0 aliphatic carbocycles. The highest BCUT2D eigenvalue weighted by molar-refractivity contribution is 5.21. The zero-order valence-corrected chi connectivity index (χ0v) is 7.02. The first-order valence-corrected chi connectivity index (χ1v) is 3.46. The summed E-state index contributed by atoms with van der Waals surface area (Å²) < 4.78 is 0. The molecule has 0 aromatic carbocycles. The van der Waals surface area contributed by atoms with E-state index in [1.165, 1.54) is 5.57 Å². The summed E-state index contributed by atoms with van der Waals surface area (Å²) in [6.45, 7) is 9.83. The van der Waals surface area contributed by atoms with Crippen molar-refractivity contribution in [2.24, 2.45) is 0 Å². The average molecular weight is 135 g/mol. The van der Waals surface area contributed by atoms with Crippen molar-refractivity contribution in [3.05, 3.63) is 42.4 Å². The molecule has 0 rings (SSSR count). The summed E-state index contributed by atoms with van der Waals surface area (Å²) in [5.41, 5.74) is 2.36. The number of allylic oxidation sites excluding steroid dienone is 6. The minimum atomic E-state index is 1.08. The van der Waals surface area contributed by atoms with Crippen molar-refractivity contribution in [1.29, 1.82) is 0 Å². The fourth-order valence-corrected chi connectivity index (χ4v) is 0.460. The molecule has 55 valence electrons. The highest BCUT2D eigenvalue weighted by Crippen LogP contribution is 1.95. The number of hydrogen-bond acceptors (Lipinski definition) is 0. The van der Waals surface area contributed by atoms with Crippen LogP contribution in [-0.4, -0.2) is 0 Å². The largest absolute Gasteiger partial charge is 0.0847 e. The minimum absolute atomic E-state index is 1.08. The van der Waals surface area contributed by atoms with Gasteiger partial charge in [-0.15, -0.1) is 0 Å². The van der Waals surface area contributed by atoms with Crippen LogP contribution in [0.15, 0.2) is 35.5 Å². The maximum Gasteiger partial charge on any atom is -0.0283 e. The summed E-state index contributed by atoms with van der Waals surface area (Å²) in [5.74, 6) is 0. The van der Waals surface area contributed by atoms with E-state index in [1.807, 2.05) is 26.0 Å². The van der Waals surface area contributed by atoms with Crippen molar-refractivity contribution >= 4 is 0 Å². The molecule has 0 aliphatic rings. The van der Waals surface area contributed by atoms with Gasteiger partial charge in [0.25, 0.3) is 0 Å². The second kappa shape index (κ2) is 5.04. The van der Waals surface area contributed by atoms with E-state index in [2.05, 4.69) is 26.0 Å². The number of hydrogen-bond donors (Lipinski definition) is 0. The van der Waals surface area contributed by atoms with E-state index in [9.17, 15) is 0 Å². The Kier molecular flexibility index (Phi) is 4.65. The molecule has 0 heterocycles. The third-order valence-corrected chi connectivity index (χ3v) is 1.20. The van der Waals surface area contributed by atoms with Crippen molar-refractivity contribution in [2.75, 3.05) is 0 Å². The smallest absolute Gasteiger partial charge is 0.0283 e.